The molecule has 0 amide bonds. The average molecular weight is 223 g/mol. The first-order valence-electron chi connectivity index (χ1n) is 5.56. The van der Waals surface area contributed by atoms with Gasteiger partial charge in [0, 0.05) is 33.4 Å². The molecule has 0 saturated carbocycles. The maximum absolute atomic E-state index is 5.75. The molecule has 4 nitrogen and oxygen atoms in total. The fourth-order valence-electron chi connectivity index (χ4n) is 1.47. The zero-order valence-corrected chi connectivity index (χ0v) is 10.3. The molecule has 4 heteroatoms. The topological polar surface area (TPSA) is 51.4 Å². The fourth-order valence-corrected chi connectivity index (χ4v) is 1.47. The van der Waals surface area contributed by atoms with E-state index in [1.54, 1.807) is 7.11 Å². The number of methoxy groups -OCH3 is 1. The van der Waals surface area contributed by atoms with Crippen LogP contribution in [0.3, 0.4) is 0 Å². The van der Waals surface area contributed by atoms with Gasteiger partial charge >= 0.3 is 0 Å². The smallest absolute Gasteiger partial charge is 0.0569 e. The van der Waals surface area contributed by atoms with Gasteiger partial charge in [-0.25, -0.2) is 0 Å². The first-order valence-corrected chi connectivity index (χ1v) is 5.56. The molecule has 1 rings (SSSR count). The van der Waals surface area contributed by atoms with E-state index in [0.29, 0.717) is 0 Å². The lowest BCUT2D eigenvalue weighted by Gasteiger charge is -2.19. The van der Waals surface area contributed by atoms with Crippen LogP contribution in [-0.2, 0) is 4.74 Å². The summed E-state index contributed by atoms with van der Waals surface area (Å²) < 4.78 is 5.02. The van der Waals surface area contributed by atoms with Crippen molar-refractivity contribution in [2.75, 3.05) is 32.2 Å². The predicted molar refractivity (Wildman–Crippen MR) is 66.6 cm³/mol. The minimum atomic E-state index is -0.00662. The zero-order valence-electron chi connectivity index (χ0n) is 10.3. The summed E-state index contributed by atoms with van der Waals surface area (Å²) >= 11 is 0. The first kappa shape index (κ1) is 12.9. The van der Waals surface area contributed by atoms with E-state index in [1.807, 2.05) is 19.2 Å². The van der Waals surface area contributed by atoms with Gasteiger partial charge in [-0.1, -0.05) is 0 Å². The Morgan fingerprint density at radius 2 is 2.25 bits per heavy atom. The van der Waals surface area contributed by atoms with Crippen LogP contribution in [-0.4, -0.2) is 32.3 Å². The van der Waals surface area contributed by atoms with Crippen molar-refractivity contribution in [2.24, 2.45) is 5.73 Å². The van der Waals surface area contributed by atoms with Crippen LogP contribution in [0.5, 0.6) is 0 Å². The highest BCUT2D eigenvalue weighted by Gasteiger charge is 2.03. The normalized spacial score (nSPS) is 12.5. The van der Waals surface area contributed by atoms with E-state index in [0.717, 1.165) is 31.0 Å². The molecule has 0 fully saturated rings. The molecule has 0 aliphatic rings. The van der Waals surface area contributed by atoms with Crippen molar-refractivity contribution in [3.8, 4) is 0 Å². The van der Waals surface area contributed by atoms with Gasteiger partial charge in [-0.3, -0.25) is 4.98 Å². The van der Waals surface area contributed by atoms with Crippen molar-refractivity contribution in [1.82, 2.24) is 4.98 Å². The van der Waals surface area contributed by atoms with Gasteiger partial charge in [-0.2, -0.15) is 0 Å². The summed E-state index contributed by atoms with van der Waals surface area (Å²) in [7, 11) is 3.78. The zero-order chi connectivity index (χ0) is 12.0. The maximum Gasteiger partial charge on any atom is 0.0569 e. The monoisotopic (exact) mass is 223 g/mol. The standard InChI is InChI=1S/C12H21N3O/c1-10(13)12-6-5-11(9-14-12)15(2)7-4-8-16-3/h5-6,9-10H,4,7-8,13H2,1-3H3/t10-/m1/s1. The lowest BCUT2D eigenvalue weighted by molar-refractivity contribution is 0.196. The Kier molecular flexibility index (Phi) is 5.22. The van der Waals surface area contributed by atoms with Gasteiger partial charge in [0.1, 0.15) is 0 Å². The molecule has 0 bridgehead atoms. The molecule has 16 heavy (non-hydrogen) atoms. The van der Waals surface area contributed by atoms with E-state index in [4.69, 9.17) is 10.5 Å². The first-order chi connectivity index (χ1) is 7.65. The van der Waals surface area contributed by atoms with E-state index in [-0.39, 0.29) is 6.04 Å². The summed E-state index contributed by atoms with van der Waals surface area (Å²) in [5, 5.41) is 0. The van der Waals surface area contributed by atoms with Crippen LogP contribution >= 0.6 is 0 Å². The van der Waals surface area contributed by atoms with E-state index >= 15 is 0 Å². The van der Waals surface area contributed by atoms with Crippen molar-refractivity contribution in [3.63, 3.8) is 0 Å². The number of hydrogen-bond acceptors (Lipinski definition) is 4. The molecule has 0 aromatic carbocycles. The van der Waals surface area contributed by atoms with Crippen LogP contribution in [0.4, 0.5) is 5.69 Å². The van der Waals surface area contributed by atoms with Crippen molar-refractivity contribution >= 4 is 5.69 Å². The van der Waals surface area contributed by atoms with E-state index in [9.17, 15) is 0 Å². The van der Waals surface area contributed by atoms with Gasteiger partial charge in [-0.05, 0) is 25.5 Å². The van der Waals surface area contributed by atoms with Crippen molar-refractivity contribution in [3.05, 3.63) is 24.0 Å². The molecular formula is C12H21N3O. The Hall–Kier alpha value is -1.13. The van der Waals surface area contributed by atoms with Gasteiger partial charge in [0.25, 0.3) is 0 Å². The van der Waals surface area contributed by atoms with Crippen LogP contribution < -0.4 is 10.6 Å². The van der Waals surface area contributed by atoms with Crippen molar-refractivity contribution in [2.45, 2.75) is 19.4 Å². The minimum absolute atomic E-state index is 0.00662. The van der Waals surface area contributed by atoms with Crippen LogP contribution in [0.25, 0.3) is 0 Å². The molecule has 1 aromatic heterocycles. The summed E-state index contributed by atoms with van der Waals surface area (Å²) in [6.45, 7) is 3.69. The van der Waals surface area contributed by atoms with Gasteiger partial charge in [0.05, 0.1) is 17.6 Å². The molecule has 0 spiro atoms. The fraction of sp³-hybridized carbons (Fsp3) is 0.583. The molecule has 0 unspecified atom stereocenters. The second kappa shape index (κ2) is 6.45. The number of ether oxygens (including phenoxy) is 1. The Balaban J connectivity index is 2.52. The third-order valence-electron chi connectivity index (χ3n) is 2.52. The Bertz CT molecular complexity index is 298. The lowest BCUT2D eigenvalue weighted by atomic mass is 10.2. The van der Waals surface area contributed by atoms with Crippen LogP contribution in [0.2, 0.25) is 0 Å². The Morgan fingerprint density at radius 1 is 1.50 bits per heavy atom. The van der Waals surface area contributed by atoms with Gasteiger partial charge in [0.2, 0.25) is 0 Å². The van der Waals surface area contributed by atoms with Gasteiger partial charge in [-0.15, -0.1) is 0 Å². The van der Waals surface area contributed by atoms with E-state index in [1.165, 1.54) is 0 Å². The van der Waals surface area contributed by atoms with Crippen LogP contribution in [0.15, 0.2) is 18.3 Å². The molecule has 90 valence electrons. The van der Waals surface area contributed by atoms with Gasteiger partial charge < -0.3 is 15.4 Å². The number of nitrogens with zero attached hydrogens (tertiary/aromatic N) is 2. The molecule has 1 aromatic rings. The number of anilines is 1. The maximum atomic E-state index is 5.75. The molecule has 1 heterocycles. The SMILES string of the molecule is COCCCN(C)c1ccc([C@@H](C)N)nc1. The second-order valence-electron chi connectivity index (χ2n) is 4.00. The van der Waals surface area contributed by atoms with Crippen molar-refractivity contribution < 1.29 is 4.74 Å². The summed E-state index contributed by atoms with van der Waals surface area (Å²) in [5.41, 5.74) is 7.78. The quantitative estimate of drug-likeness (QED) is 0.744. The van der Waals surface area contributed by atoms with Crippen LogP contribution in [0.1, 0.15) is 25.1 Å². The molecule has 0 aliphatic carbocycles. The molecular weight excluding hydrogens is 202 g/mol. The summed E-state index contributed by atoms with van der Waals surface area (Å²) in [6.07, 6.45) is 2.88. The summed E-state index contributed by atoms with van der Waals surface area (Å²) in [6, 6.07) is 4.03. The van der Waals surface area contributed by atoms with Crippen molar-refractivity contribution in [1.29, 1.82) is 0 Å². The minimum Gasteiger partial charge on any atom is -0.385 e. The lowest BCUT2D eigenvalue weighted by Crippen LogP contribution is -2.20. The summed E-state index contributed by atoms with van der Waals surface area (Å²) in [4.78, 5) is 6.49. The second-order valence-corrected chi connectivity index (χ2v) is 4.00. The third kappa shape index (κ3) is 3.79. The largest absolute Gasteiger partial charge is 0.385 e. The van der Waals surface area contributed by atoms with E-state index in [2.05, 4.69) is 23.0 Å². The molecule has 0 radical (unpaired) electrons. The highest BCUT2D eigenvalue weighted by molar-refractivity contribution is 5.43. The molecule has 0 aliphatic heterocycles. The predicted octanol–water partition coefficient (Wildman–Crippen LogP) is 1.57. The molecule has 2 N–H and O–H groups in total. The highest BCUT2D eigenvalue weighted by atomic mass is 16.5. The van der Waals surface area contributed by atoms with E-state index < -0.39 is 0 Å². The number of rotatable bonds is 6. The molecule has 1 atom stereocenters. The Labute approximate surface area is 97.4 Å². The highest BCUT2D eigenvalue weighted by Crippen LogP contribution is 2.14. The number of nitrogens with two attached hydrogens (primary N) is 1. The third-order valence-corrected chi connectivity index (χ3v) is 2.52. The number of aromatic nitrogens is 1. The van der Waals surface area contributed by atoms with Crippen LogP contribution in [0, 0.1) is 0 Å². The van der Waals surface area contributed by atoms with Gasteiger partial charge in [0.15, 0.2) is 0 Å². The number of pyridine rings is 1. The number of hydrogen-bond donors (Lipinski definition) is 1. The Morgan fingerprint density at radius 3 is 2.75 bits per heavy atom. The molecule has 0 saturated heterocycles. The average Bonchev–Trinajstić information content (AvgIpc) is 2.29. The summed E-state index contributed by atoms with van der Waals surface area (Å²) in [5.74, 6) is 0.